The molecule has 0 saturated carbocycles. The third-order valence-corrected chi connectivity index (χ3v) is 7.92. The third kappa shape index (κ3) is 10.4. The van der Waals surface area contributed by atoms with Gasteiger partial charge in [0, 0.05) is 24.2 Å². The Kier molecular flexibility index (Phi) is 14.0. The molecule has 49 heavy (non-hydrogen) atoms. The van der Waals surface area contributed by atoms with Crippen LogP contribution >= 0.6 is 0 Å². The van der Waals surface area contributed by atoms with E-state index in [1.54, 1.807) is 24.3 Å². The largest absolute Gasteiger partial charge is 1.00 e. The first kappa shape index (κ1) is 39.3. The first-order valence-corrected chi connectivity index (χ1v) is 16.0. The molecule has 0 spiro atoms. The number of benzene rings is 3. The number of methoxy groups -OCH3 is 1. The number of aromatic amines is 1. The molecule has 3 aromatic carbocycles. The summed E-state index contributed by atoms with van der Waals surface area (Å²) < 4.78 is 12.9. The summed E-state index contributed by atoms with van der Waals surface area (Å²) in [7, 11) is 1.45. The van der Waals surface area contributed by atoms with E-state index in [4.69, 9.17) is 15.2 Å². The molecule has 1 aromatic heterocycles. The van der Waals surface area contributed by atoms with Gasteiger partial charge in [-0.1, -0.05) is 36.4 Å². The second kappa shape index (κ2) is 17.5. The van der Waals surface area contributed by atoms with Crippen molar-refractivity contribution < 1.29 is 63.1 Å². The van der Waals surface area contributed by atoms with Crippen LogP contribution in [0.2, 0.25) is 0 Å². The van der Waals surface area contributed by atoms with Crippen molar-refractivity contribution in [3.63, 3.8) is 0 Å². The van der Waals surface area contributed by atoms with Crippen LogP contribution in [-0.4, -0.2) is 53.9 Å². The minimum Gasteiger partial charge on any atom is -0.496 e. The van der Waals surface area contributed by atoms with Gasteiger partial charge in [0.1, 0.15) is 28.8 Å². The van der Waals surface area contributed by atoms with Gasteiger partial charge in [0.25, 0.3) is 5.82 Å². The van der Waals surface area contributed by atoms with Crippen LogP contribution < -0.4 is 55.2 Å². The fourth-order valence-electron chi connectivity index (χ4n) is 5.81. The predicted molar refractivity (Wildman–Crippen MR) is 184 cm³/mol. The number of hydrogen-bond acceptors (Lipinski definition) is 6. The number of hydrogen-bond donors (Lipinski definition) is 5. The van der Waals surface area contributed by atoms with Crippen LogP contribution in [-0.2, 0) is 11.3 Å². The van der Waals surface area contributed by atoms with Crippen molar-refractivity contribution in [1.29, 1.82) is 0 Å². The molecule has 4 rings (SSSR count). The number of rotatable bonds is 14. The van der Waals surface area contributed by atoms with Crippen LogP contribution in [0.5, 0.6) is 5.75 Å². The molecule has 6 N–H and O–H groups in total. The number of carbonyl (C=O) groups is 3. The summed E-state index contributed by atoms with van der Waals surface area (Å²) in [6.45, 7) is 10.8. The van der Waals surface area contributed by atoms with Crippen molar-refractivity contribution >= 4 is 18.0 Å². The standard InChI is InChI=1S/C37H45N5O6.Na/c1-23-17-28(33(38)43)18-24(2)32(23)42-30(26-11-8-7-9-12-26)22-40-34(42)27(21-41-36(46)48-37(3,4)5)13-10-16-39-20-25-14-15-31(47-6)29(19-25)35(44)45;/h7-9,11-12,14-15,17-19,22,27,39H,10,13,16,20-21H2,1-6H3,(H4,38,41,43,44,45,46);/q;+1/p+1/t27-;/m0./s1. The molecule has 0 aliphatic heterocycles. The second-order valence-electron chi connectivity index (χ2n) is 12.8. The molecule has 0 fully saturated rings. The number of nitrogens with one attached hydrogen (secondary N) is 3. The van der Waals surface area contributed by atoms with Crippen molar-refractivity contribution in [1.82, 2.24) is 15.6 Å². The Bertz CT molecular complexity index is 1740. The van der Waals surface area contributed by atoms with Gasteiger partial charge in [-0.25, -0.2) is 14.6 Å². The maximum absolute atomic E-state index is 12.8. The number of carboxylic acids is 1. The normalized spacial score (nSPS) is 11.7. The minimum atomic E-state index is -1.04. The molecule has 4 aromatic rings. The van der Waals surface area contributed by atoms with Crippen molar-refractivity contribution in [2.24, 2.45) is 5.73 Å². The number of carbonyl (C=O) groups excluding carboxylic acids is 2. The molecular weight excluding hydrogens is 633 g/mol. The summed E-state index contributed by atoms with van der Waals surface area (Å²) in [5.41, 5.74) is 11.0. The minimum absolute atomic E-state index is 0. The number of alkyl carbamates (subject to hydrolysis) is 1. The van der Waals surface area contributed by atoms with E-state index < -0.39 is 23.6 Å². The first-order valence-electron chi connectivity index (χ1n) is 16.0. The van der Waals surface area contributed by atoms with E-state index in [9.17, 15) is 19.5 Å². The second-order valence-corrected chi connectivity index (χ2v) is 12.8. The van der Waals surface area contributed by atoms with Gasteiger partial charge in [0.15, 0.2) is 5.69 Å². The molecule has 0 radical (unpaired) electrons. The van der Waals surface area contributed by atoms with E-state index in [1.165, 1.54) is 7.11 Å². The fourth-order valence-corrected chi connectivity index (χ4v) is 5.81. The predicted octanol–water partition coefficient (Wildman–Crippen LogP) is 2.56. The van der Waals surface area contributed by atoms with Gasteiger partial charge in [-0.05, 0) is 95.0 Å². The van der Waals surface area contributed by atoms with Gasteiger partial charge in [0.05, 0.1) is 13.0 Å². The topological polar surface area (TPSA) is 160 Å². The maximum Gasteiger partial charge on any atom is 1.00 e. The van der Waals surface area contributed by atoms with Gasteiger partial charge >= 0.3 is 41.6 Å². The summed E-state index contributed by atoms with van der Waals surface area (Å²) in [5, 5.41) is 15.9. The molecule has 2 amide bonds. The summed E-state index contributed by atoms with van der Waals surface area (Å²) in [5.74, 6) is -0.500. The number of carboxylic acid groups (broad SMARTS) is 1. The maximum atomic E-state index is 12.8. The average molecular weight is 680 g/mol. The van der Waals surface area contributed by atoms with E-state index >= 15 is 0 Å². The van der Waals surface area contributed by atoms with E-state index in [-0.39, 0.29) is 41.0 Å². The molecule has 0 saturated heterocycles. The van der Waals surface area contributed by atoms with E-state index in [1.807, 2.05) is 77.2 Å². The van der Waals surface area contributed by atoms with Gasteiger partial charge in [-0.2, -0.15) is 4.57 Å². The van der Waals surface area contributed by atoms with Gasteiger partial charge in [-0.3, -0.25) is 4.79 Å². The van der Waals surface area contributed by atoms with Crippen molar-refractivity contribution in [3.8, 4) is 22.7 Å². The molecule has 1 heterocycles. The van der Waals surface area contributed by atoms with Crippen LogP contribution in [0.3, 0.4) is 0 Å². The molecule has 11 nitrogen and oxygen atoms in total. The molecule has 0 aliphatic carbocycles. The smallest absolute Gasteiger partial charge is 0.496 e. The van der Waals surface area contributed by atoms with Gasteiger partial charge in [0.2, 0.25) is 5.91 Å². The Balaban J connectivity index is 0.00000650. The number of aromatic nitrogens is 2. The molecule has 0 bridgehead atoms. The van der Waals surface area contributed by atoms with Crippen LogP contribution in [0.15, 0.2) is 66.9 Å². The zero-order chi connectivity index (χ0) is 35.0. The van der Waals surface area contributed by atoms with Crippen molar-refractivity contribution in [2.45, 2.75) is 65.5 Å². The molecule has 0 aliphatic rings. The number of imidazole rings is 1. The van der Waals surface area contributed by atoms with E-state index in [0.29, 0.717) is 37.4 Å². The van der Waals surface area contributed by atoms with Gasteiger partial charge in [-0.15, -0.1) is 0 Å². The van der Waals surface area contributed by atoms with E-state index in [0.717, 1.165) is 45.9 Å². The Morgan fingerprint density at radius 1 is 1.02 bits per heavy atom. The number of H-pyrrole nitrogens is 1. The Morgan fingerprint density at radius 2 is 1.69 bits per heavy atom. The zero-order valence-electron chi connectivity index (χ0n) is 29.5. The summed E-state index contributed by atoms with van der Waals surface area (Å²) >= 11 is 0. The monoisotopic (exact) mass is 679 g/mol. The summed E-state index contributed by atoms with van der Waals surface area (Å²) in [6.07, 6.45) is 2.91. The Morgan fingerprint density at radius 3 is 2.29 bits per heavy atom. The van der Waals surface area contributed by atoms with E-state index in [2.05, 4.69) is 20.2 Å². The number of aryl methyl sites for hydroxylation is 2. The molecule has 12 heteroatoms. The quantitative estimate of drug-likeness (QED) is 0.0779. The van der Waals surface area contributed by atoms with Gasteiger partial charge < -0.3 is 30.9 Å². The molecular formula is C37H46N5NaO6+2. The van der Waals surface area contributed by atoms with Crippen molar-refractivity contribution in [3.05, 3.63) is 101 Å². The fraction of sp³-hybridized carbons (Fsp3) is 0.351. The SMILES string of the molecule is COc1ccc(CNCCC[C@@H](CNC(=O)OC(C)(C)C)c2[nH]cc(-c3ccccc3)[n+]2-c2c(C)cc(C(N)=O)cc2C)cc1C(=O)O.[Na+]. The number of nitrogens with two attached hydrogens (primary N) is 1. The van der Waals surface area contributed by atoms with Crippen LogP contribution in [0.4, 0.5) is 4.79 Å². The molecule has 1 atom stereocenters. The number of nitrogens with zero attached hydrogens (tertiary/aromatic N) is 1. The van der Waals surface area contributed by atoms with Crippen LogP contribution in [0.1, 0.15) is 82.8 Å². The summed E-state index contributed by atoms with van der Waals surface area (Å²) in [6, 6.07) is 18.7. The summed E-state index contributed by atoms with van der Waals surface area (Å²) in [4.78, 5) is 40.0. The number of ether oxygens (including phenoxy) is 2. The number of aromatic carboxylic acids is 1. The third-order valence-electron chi connectivity index (χ3n) is 7.92. The Hall–Kier alpha value is -4.16. The van der Waals surface area contributed by atoms with Crippen molar-refractivity contribution in [2.75, 3.05) is 20.2 Å². The number of primary amides is 1. The molecule has 0 unspecified atom stereocenters. The van der Waals surface area contributed by atoms with Crippen LogP contribution in [0, 0.1) is 13.8 Å². The Labute approximate surface area is 309 Å². The molecule has 254 valence electrons. The van der Waals surface area contributed by atoms with Crippen LogP contribution in [0.25, 0.3) is 16.9 Å². The average Bonchev–Trinajstić information content (AvgIpc) is 3.45. The number of amides is 2. The first-order chi connectivity index (χ1) is 22.8. The zero-order valence-corrected chi connectivity index (χ0v) is 31.5.